The Morgan fingerprint density at radius 3 is 2.05 bits per heavy atom. The van der Waals surface area contributed by atoms with E-state index in [1.807, 2.05) is 13.8 Å². The predicted octanol–water partition coefficient (Wildman–Crippen LogP) is 1.53. The quantitative estimate of drug-likeness (QED) is 0.371. The molecular weight excluding hydrogens is 250 g/mol. The fourth-order valence-electron chi connectivity index (χ4n) is 1.29. The van der Waals surface area contributed by atoms with Crippen LogP contribution in [0.1, 0.15) is 52.4 Å². The van der Waals surface area contributed by atoms with Gasteiger partial charge in [-0.05, 0) is 19.3 Å². The Kier molecular flexibility index (Phi) is 10.5. The van der Waals surface area contributed by atoms with Gasteiger partial charge in [0.2, 0.25) is 12.7 Å². The van der Waals surface area contributed by atoms with E-state index in [1.165, 1.54) is 0 Å². The number of esters is 2. The average Bonchev–Trinajstić information content (AvgIpc) is 2.35. The molecule has 0 heterocycles. The van der Waals surface area contributed by atoms with Crippen LogP contribution in [-0.4, -0.2) is 31.2 Å². The molecule has 1 amide bonds. The second kappa shape index (κ2) is 11.5. The molecule has 0 atom stereocenters. The summed E-state index contributed by atoms with van der Waals surface area (Å²) in [6.45, 7) is 3.90. The van der Waals surface area contributed by atoms with Crippen molar-refractivity contribution < 1.29 is 23.9 Å². The Balaban J connectivity index is 3.44. The van der Waals surface area contributed by atoms with E-state index in [9.17, 15) is 14.4 Å². The molecule has 0 unspecified atom stereocenters. The molecule has 0 bridgehead atoms. The molecule has 0 spiro atoms. The van der Waals surface area contributed by atoms with Crippen molar-refractivity contribution >= 4 is 17.8 Å². The predicted molar refractivity (Wildman–Crippen MR) is 69.1 cm³/mol. The zero-order valence-corrected chi connectivity index (χ0v) is 11.7. The minimum Gasteiger partial charge on any atom is -0.428 e. The maximum absolute atomic E-state index is 11.2. The molecule has 110 valence electrons. The number of carbonyl (C=O) groups is 3. The van der Waals surface area contributed by atoms with Crippen LogP contribution in [0, 0.1) is 0 Å². The smallest absolute Gasteiger partial charge is 0.308 e. The zero-order chi connectivity index (χ0) is 14.5. The summed E-state index contributed by atoms with van der Waals surface area (Å²) in [6.07, 6.45) is 3.02. The monoisotopic (exact) mass is 273 g/mol. The van der Waals surface area contributed by atoms with Crippen molar-refractivity contribution in [3.05, 3.63) is 0 Å². The highest BCUT2D eigenvalue weighted by atomic mass is 16.7. The molecule has 0 aliphatic rings. The molecule has 19 heavy (non-hydrogen) atoms. The number of hydrogen-bond donors (Lipinski definition) is 1. The van der Waals surface area contributed by atoms with Crippen LogP contribution in [-0.2, 0) is 23.9 Å². The Bertz CT molecular complexity index is 291. The van der Waals surface area contributed by atoms with Gasteiger partial charge in [0.05, 0.1) is 0 Å². The minimum absolute atomic E-state index is 0.00985. The lowest BCUT2D eigenvalue weighted by Gasteiger charge is -2.06. The molecule has 0 saturated heterocycles. The van der Waals surface area contributed by atoms with Crippen molar-refractivity contribution in [3.8, 4) is 0 Å². The Hall–Kier alpha value is -1.59. The molecule has 0 fully saturated rings. The van der Waals surface area contributed by atoms with E-state index >= 15 is 0 Å². The van der Waals surface area contributed by atoms with Gasteiger partial charge in [-0.1, -0.05) is 13.8 Å². The molecule has 6 heteroatoms. The van der Waals surface area contributed by atoms with Crippen LogP contribution < -0.4 is 5.32 Å². The first-order valence-corrected chi connectivity index (χ1v) is 6.68. The molecule has 0 aromatic rings. The molecule has 1 N–H and O–H groups in total. The maximum Gasteiger partial charge on any atom is 0.308 e. The van der Waals surface area contributed by atoms with Crippen molar-refractivity contribution in [1.29, 1.82) is 0 Å². The van der Waals surface area contributed by atoms with Crippen LogP contribution in [0.3, 0.4) is 0 Å². The van der Waals surface area contributed by atoms with E-state index in [0.29, 0.717) is 32.2 Å². The number of amides is 1. The summed E-state index contributed by atoms with van der Waals surface area (Å²) >= 11 is 0. The largest absolute Gasteiger partial charge is 0.428 e. The second-order valence-electron chi connectivity index (χ2n) is 4.10. The summed E-state index contributed by atoms with van der Waals surface area (Å²) in [5.74, 6) is -0.819. The molecule has 0 radical (unpaired) electrons. The lowest BCUT2D eigenvalue weighted by atomic mass is 10.3. The fourth-order valence-corrected chi connectivity index (χ4v) is 1.29. The van der Waals surface area contributed by atoms with Gasteiger partial charge in [-0.15, -0.1) is 0 Å². The van der Waals surface area contributed by atoms with E-state index in [2.05, 4.69) is 10.1 Å². The minimum atomic E-state index is -0.436. The SMILES string of the molecule is CCCC(=O)NCCCC(=O)OCOC(=O)CCC. The number of carbonyl (C=O) groups excluding carboxylic acids is 3. The first kappa shape index (κ1) is 17.4. The van der Waals surface area contributed by atoms with Gasteiger partial charge < -0.3 is 14.8 Å². The molecule has 0 aromatic carbocycles. The number of hydrogen-bond acceptors (Lipinski definition) is 5. The van der Waals surface area contributed by atoms with Crippen LogP contribution in [0.15, 0.2) is 0 Å². The van der Waals surface area contributed by atoms with E-state index in [0.717, 1.165) is 6.42 Å². The van der Waals surface area contributed by atoms with E-state index in [-0.39, 0.29) is 25.1 Å². The summed E-state index contributed by atoms with van der Waals surface area (Å²) in [6, 6.07) is 0. The topological polar surface area (TPSA) is 81.7 Å². The Morgan fingerprint density at radius 2 is 1.47 bits per heavy atom. The van der Waals surface area contributed by atoms with E-state index in [4.69, 9.17) is 4.74 Å². The molecule has 0 aromatic heterocycles. The summed E-state index contributed by atoms with van der Waals surface area (Å²) in [5.41, 5.74) is 0. The first-order chi connectivity index (χ1) is 9.10. The van der Waals surface area contributed by atoms with Gasteiger partial charge in [0, 0.05) is 25.8 Å². The molecule has 0 aliphatic carbocycles. The highest BCUT2D eigenvalue weighted by molar-refractivity contribution is 5.75. The van der Waals surface area contributed by atoms with E-state index < -0.39 is 5.97 Å². The summed E-state index contributed by atoms with van der Waals surface area (Å²) in [5, 5.41) is 2.70. The summed E-state index contributed by atoms with van der Waals surface area (Å²) < 4.78 is 9.40. The van der Waals surface area contributed by atoms with Crippen LogP contribution in [0.25, 0.3) is 0 Å². The first-order valence-electron chi connectivity index (χ1n) is 6.68. The standard InChI is InChI=1S/C13H23NO5/c1-3-6-11(15)14-9-5-8-13(17)19-10-18-12(16)7-4-2/h3-10H2,1-2H3,(H,14,15). The van der Waals surface area contributed by atoms with Gasteiger partial charge in [-0.3, -0.25) is 14.4 Å². The van der Waals surface area contributed by atoms with Gasteiger partial charge in [0.15, 0.2) is 0 Å². The Morgan fingerprint density at radius 1 is 0.895 bits per heavy atom. The van der Waals surface area contributed by atoms with Crippen LogP contribution >= 0.6 is 0 Å². The molecular formula is C13H23NO5. The number of nitrogens with one attached hydrogen (secondary N) is 1. The third-order valence-corrected chi connectivity index (χ3v) is 2.25. The number of rotatable bonds is 10. The van der Waals surface area contributed by atoms with E-state index in [1.54, 1.807) is 0 Å². The summed E-state index contributed by atoms with van der Waals surface area (Å²) in [4.78, 5) is 33.3. The third kappa shape index (κ3) is 11.2. The van der Waals surface area contributed by atoms with Gasteiger partial charge in [-0.2, -0.15) is 0 Å². The second-order valence-corrected chi connectivity index (χ2v) is 4.10. The highest BCUT2D eigenvalue weighted by Crippen LogP contribution is 1.95. The fraction of sp³-hybridized carbons (Fsp3) is 0.769. The maximum atomic E-state index is 11.2. The molecule has 0 rings (SSSR count). The average molecular weight is 273 g/mol. The Labute approximate surface area is 113 Å². The normalized spacial score (nSPS) is 9.79. The lowest BCUT2D eigenvalue weighted by molar-refractivity contribution is -0.167. The third-order valence-electron chi connectivity index (χ3n) is 2.25. The van der Waals surface area contributed by atoms with Crippen molar-refractivity contribution in [1.82, 2.24) is 5.32 Å². The van der Waals surface area contributed by atoms with Crippen LogP contribution in [0.2, 0.25) is 0 Å². The number of ether oxygens (including phenoxy) is 2. The van der Waals surface area contributed by atoms with Crippen LogP contribution in [0.5, 0.6) is 0 Å². The van der Waals surface area contributed by atoms with Gasteiger partial charge in [0.25, 0.3) is 0 Å². The van der Waals surface area contributed by atoms with Gasteiger partial charge in [-0.25, -0.2) is 0 Å². The summed E-state index contributed by atoms with van der Waals surface area (Å²) in [7, 11) is 0. The van der Waals surface area contributed by atoms with Crippen molar-refractivity contribution in [2.24, 2.45) is 0 Å². The zero-order valence-electron chi connectivity index (χ0n) is 11.7. The van der Waals surface area contributed by atoms with Crippen LogP contribution in [0.4, 0.5) is 0 Å². The van der Waals surface area contributed by atoms with Crippen molar-refractivity contribution in [2.75, 3.05) is 13.3 Å². The van der Waals surface area contributed by atoms with Crippen molar-refractivity contribution in [2.45, 2.75) is 52.4 Å². The molecule has 0 saturated carbocycles. The molecule has 0 aliphatic heterocycles. The van der Waals surface area contributed by atoms with Gasteiger partial charge in [0.1, 0.15) is 0 Å². The van der Waals surface area contributed by atoms with Crippen molar-refractivity contribution in [3.63, 3.8) is 0 Å². The lowest BCUT2D eigenvalue weighted by Crippen LogP contribution is -2.24. The molecule has 6 nitrogen and oxygen atoms in total. The highest BCUT2D eigenvalue weighted by Gasteiger charge is 2.06. The van der Waals surface area contributed by atoms with Gasteiger partial charge >= 0.3 is 11.9 Å².